The zero-order valence-electron chi connectivity index (χ0n) is 15.1. The van der Waals surface area contributed by atoms with Gasteiger partial charge in [0.15, 0.2) is 0 Å². The van der Waals surface area contributed by atoms with Crippen LogP contribution >= 0.6 is 0 Å². The Bertz CT molecular complexity index is 856. The van der Waals surface area contributed by atoms with E-state index < -0.39 is 5.91 Å². The normalized spacial score (nSPS) is 14.6. The summed E-state index contributed by atoms with van der Waals surface area (Å²) in [5.41, 5.74) is 7.34. The van der Waals surface area contributed by atoms with Gasteiger partial charge in [-0.1, -0.05) is 18.2 Å². The molecule has 1 aliphatic heterocycles. The van der Waals surface area contributed by atoms with E-state index in [0.29, 0.717) is 31.5 Å². The highest BCUT2D eigenvalue weighted by molar-refractivity contribution is 5.96. The van der Waals surface area contributed by atoms with Crippen molar-refractivity contribution < 1.29 is 14.4 Å². The van der Waals surface area contributed by atoms with Crippen LogP contribution in [0.2, 0.25) is 0 Å². The van der Waals surface area contributed by atoms with E-state index in [-0.39, 0.29) is 29.1 Å². The van der Waals surface area contributed by atoms with Gasteiger partial charge in [0.2, 0.25) is 5.91 Å². The minimum Gasteiger partial charge on any atom is -0.366 e. The number of nitrogens with one attached hydrogen (secondary N) is 1. The highest BCUT2D eigenvalue weighted by Crippen LogP contribution is 2.15. The number of carbonyl (C=O) groups is 3. The maximum atomic E-state index is 12.5. The topological polar surface area (TPSA) is 105 Å². The van der Waals surface area contributed by atoms with Gasteiger partial charge in [-0.25, -0.2) is 0 Å². The van der Waals surface area contributed by atoms with Gasteiger partial charge in [-0.15, -0.1) is 0 Å². The Balaban J connectivity index is 1.55. The Hall–Kier alpha value is -3.22. The molecule has 0 bridgehead atoms. The maximum Gasteiger partial charge on any atom is 0.272 e. The van der Waals surface area contributed by atoms with Gasteiger partial charge >= 0.3 is 0 Å². The lowest BCUT2D eigenvalue weighted by atomic mass is 10.0. The third-order valence-electron chi connectivity index (χ3n) is 4.77. The number of hydrogen-bond donors (Lipinski definition) is 2. The Kier molecular flexibility index (Phi) is 5.49. The number of hydrogen-bond acceptors (Lipinski definition) is 4. The predicted molar refractivity (Wildman–Crippen MR) is 100 cm³/mol. The van der Waals surface area contributed by atoms with E-state index >= 15 is 0 Å². The maximum absolute atomic E-state index is 12.5. The van der Waals surface area contributed by atoms with Gasteiger partial charge in [0.1, 0.15) is 5.69 Å². The molecule has 0 unspecified atom stereocenters. The van der Waals surface area contributed by atoms with Crippen molar-refractivity contribution in [3.05, 3.63) is 65.0 Å². The standard InChI is InChI=1S/C20H22N4O3/c1-13-4-2-3-5-16(13)19(26)23-15-8-10-24(11-9-15)20(27)17-7-6-14(12-22-17)18(21)25/h2-7,12,15H,8-11H2,1H3,(H2,21,25)(H,23,26). The monoisotopic (exact) mass is 366 g/mol. The van der Waals surface area contributed by atoms with Crippen LogP contribution in [0.1, 0.15) is 49.6 Å². The van der Waals surface area contributed by atoms with Crippen molar-refractivity contribution in [2.45, 2.75) is 25.8 Å². The van der Waals surface area contributed by atoms with E-state index in [9.17, 15) is 14.4 Å². The molecule has 7 heteroatoms. The van der Waals surface area contributed by atoms with Crippen molar-refractivity contribution in [2.24, 2.45) is 5.73 Å². The number of aryl methyl sites for hydroxylation is 1. The minimum atomic E-state index is -0.577. The summed E-state index contributed by atoms with van der Waals surface area (Å²) >= 11 is 0. The van der Waals surface area contributed by atoms with E-state index in [1.807, 2.05) is 31.2 Å². The van der Waals surface area contributed by atoms with Gasteiger partial charge in [-0.2, -0.15) is 0 Å². The Labute approximate surface area is 157 Å². The molecule has 140 valence electrons. The first-order chi connectivity index (χ1) is 13.0. The van der Waals surface area contributed by atoms with Crippen LogP contribution in [0.5, 0.6) is 0 Å². The minimum absolute atomic E-state index is 0.0337. The summed E-state index contributed by atoms with van der Waals surface area (Å²) < 4.78 is 0. The molecule has 27 heavy (non-hydrogen) atoms. The lowest BCUT2D eigenvalue weighted by molar-refractivity contribution is 0.0691. The highest BCUT2D eigenvalue weighted by atomic mass is 16.2. The van der Waals surface area contributed by atoms with Crippen LogP contribution in [0, 0.1) is 6.92 Å². The second-order valence-electron chi connectivity index (χ2n) is 6.65. The Morgan fingerprint density at radius 2 is 1.81 bits per heavy atom. The molecule has 0 spiro atoms. The zero-order chi connectivity index (χ0) is 19.4. The molecule has 1 aromatic carbocycles. The number of nitrogens with zero attached hydrogens (tertiary/aromatic N) is 2. The van der Waals surface area contributed by atoms with Gasteiger partial charge in [-0.05, 0) is 43.5 Å². The van der Waals surface area contributed by atoms with Crippen LogP contribution in [0.4, 0.5) is 0 Å². The second kappa shape index (κ2) is 7.99. The fourth-order valence-electron chi connectivity index (χ4n) is 3.15. The number of nitrogens with two attached hydrogens (primary N) is 1. The molecule has 7 nitrogen and oxygen atoms in total. The third kappa shape index (κ3) is 4.31. The summed E-state index contributed by atoms with van der Waals surface area (Å²) in [5.74, 6) is -0.844. The smallest absolute Gasteiger partial charge is 0.272 e. The van der Waals surface area contributed by atoms with Crippen LogP contribution in [0.25, 0.3) is 0 Å². The van der Waals surface area contributed by atoms with E-state index in [2.05, 4.69) is 10.3 Å². The van der Waals surface area contributed by atoms with Crippen molar-refractivity contribution in [3.63, 3.8) is 0 Å². The number of aromatic nitrogens is 1. The van der Waals surface area contributed by atoms with Crippen molar-refractivity contribution >= 4 is 17.7 Å². The number of primary amides is 1. The molecular formula is C20H22N4O3. The summed E-state index contributed by atoms with van der Waals surface area (Å²) in [5, 5.41) is 3.05. The van der Waals surface area contributed by atoms with Crippen LogP contribution in [0.3, 0.4) is 0 Å². The summed E-state index contributed by atoms with van der Waals surface area (Å²) in [7, 11) is 0. The highest BCUT2D eigenvalue weighted by Gasteiger charge is 2.25. The molecule has 2 aromatic rings. The number of carbonyl (C=O) groups excluding carboxylic acids is 3. The van der Waals surface area contributed by atoms with Crippen LogP contribution < -0.4 is 11.1 Å². The molecule has 3 N–H and O–H groups in total. The van der Waals surface area contributed by atoms with Crippen LogP contribution in [-0.2, 0) is 0 Å². The lowest BCUT2D eigenvalue weighted by Crippen LogP contribution is -2.46. The fourth-order valence-corrected chi connectivity index (χ4v) is 3.15. The van der Waals surface area contributed by atoms with Crippen LogP contribution in [0.15, 0.2) is 42.6 Å². The van der Waals surface area contributed by atoms with E-state index in [4.69, 9.17) is 5.73 Å². The summed E-state index contributed by atoms with van der Waals surface area (Å²) in [4.78, 5) is 41.8. The number of likely N-dealkylation sites (tertiary alicyclic amines) is 1. The molecule has 0 aliphatic carbocycles. The zero-order valence-corrected chi connectivity index (χ0v) is 15.1. The Morgan fingerprint density at radius 3 is 2.41 bits per heavy atom. The molecule has 2 heterocycles. The average Bonchev–Trinajstić information content (AvgIpc) is 2.68. The molecule has 1 aromatic heterocycles. The summed E-state index contributed by atoms with van der Waals surface area (Å²) in [6, 6.07) is 10.5. The molecule has 1 saturated heterocycles. The molecule has 1 aliphatic rings. The first-order valence-corrected chi connectivity index (χ1v) is 8.87. The van der Waals surface area contributed by atoms with Crippen LogP contribution in [-0.4, -0.2) is 46.7 Å². The first kappa shape index (κ1) is 18.6. The number of piperidine rings is 1. The molecule has 3 amide bonds. The predicted octanol–water partition coefficient (Wildman–Crippen LogP) is 1.52. The van der Waals surface area contributed by atoms with Crippen molar-refractivity contribution in [1.82, 2.24) is 15.2 Å². The van der Waals surface area contributed by atoms with Crippen molar-refractivity contribution in [2.75, 3.05) is 13.1 Å². The van der Waals surface area contributed by atoms with E-state index in [0.717, 1.165) is 5.56 Å². The molecule has 0 atom stereocenters. The second-order valence-corrected chi connectivity index (χ2v) is 6.65. The number of amides is 3. The molecule has 1 fully saturated rings. The van der Waals surface area contributed by atoms with Gasteiger partial charge in [0, 0.05) is 30.9 Å². The number of benzene rings is 1. The molecule has 0 radical (unpaired) electrons. The van der Waals surface area contributed by atoms with E-state index in [1.54, 1.807) is 4.90 Å². The number of pyridine rings is 1. The molecular weight excluding hydrogens is 344 g/mol. The first-order valence-electron chi connectivity index (χ1n) is 8.87. The van der Waals surface area contributed by atoms with E-state index in [1.165, 1.54) is 18.3 Å². The Morgan fingerprint density at radius 1 is 1.11 bits per heavy atom. The van der Waals surface area contributed by atoms with Crippen molar-refractivity contribution in [1.29, 1.82) is 0 Å². The number of rotatable bonds is 4. The van der Waals surface area contributed by atoms with Gasteiger partial charge in [0.25, 0.3) is 11.8 Å². The quantitative estimate of drug-likeness (QED) is 0.856. The average molecular weight is 366 g/mol. The van der Waals surface area contributed by atoms with Gasteiger partial charge < -0.3 is 16.0 Å². The fraction of sp³-hybridized carbons (Fsp3) is 0.300. The van der Waals surface area contributed by atoms with Crippen molar-refractivity contribution in [3.8, 4) is 0 Å². The van der Waals surface area contributed by atoms with Gasteiger partial charge in [-0.3, -0.25) is 19.4 Å². The molecule has 3 rings (SSSR count). The largest absolute Gasteiger partial charge is 0.366 e. The van der Waals surface area contributed by atoms with Gasteiger partial charge in [0.05, 0.1) is 5.56 Å². The summed E-state index contributed by atoms with van der Waals surface area (Å²) in [6.07, 6.45) is 2.68. The molecule has 0 saturated carbocycles. The lowest BCUT2D eigenvalue weighted by Gasteiger charge is -2.32. The third-order valence-corrected chi connectivity index (χ3v) is 4.77. The summed E-state index contributed by atoms with van der Waals surface area (Å²) in [6.45, 7) is 2.99. The SMILES string of the molecule is Cc1ccccc1C(=O)NC1CCN(C(=O)c2ccc(C(N)=O)cn2)CC1.